The summed E-state index contributed by atoms with van der Waals surface area (Å²) in [5.74, 6) is -0.236. The summed E-state index contributed by atoms with van der Waals surface area (Å²) in [5.41, 5.74) is 5.41. The molecule has 4 nitrogen and oxygen atoms in total. The Morgan fingerprint density at radius 3 is 2.53 bits per heavy atom. The number of amides is 2. The van der Waals surface area contributed by atoms with Gasteiger partial charge < -0.3 is 4.90 Å². The molecule has 0 unspecified atom stereocenters. The minimum absolute atomic E-state index is 0.0954. The predicted octanol–water partition coefficient (Wildman–Crippen LogP) is 6.48. The Morgan fingerprint density at radius 1 is 1.19 bits per heavy atom. The Labute approximate surface area is 193 Å². The molecule has 0 N–H and O–H groups in total. The molecule has 1 saturated heterocycles. The lowest BCUT2D eigenvalue weighted by Crippen LogP contribution is -2.48. The zero-order chi connectivity index (χ0) is 23.2. The van der Waals surface area contributed by atoms with Gasteiger partial charge in [-0.1, -0.05) is 19.1 Å². The van der Waals surface area contributed by atoms with E-state index < -0.39 is 0 Å². The van der Waals surface area contributed by atoms with Crippen molar-refractivity contribution in [3.05, 3.63) is 69.4 Å². The van der Waals surface area contributed by atoms with Gasteiger partial charge in [-0.2, -0.15) is 0 Å². The van der Waals surface area contributed by atoms with Crippen LogP contribution >= 0.6 is 11.8 Å². The highest BCUT2D eigenvalue weighted by molar-refractivity contribution is 8.18. The van der Waals surface area contributed by atoms with Gasteiger partial charge in [-0.05, 0) is 104 Å². The van der Waals surface area contributed by atoms with Crippen LogP contribution in [0.2, 0.25) is 0 Å². The van der Waals surface area contributed by atoms with Gasteiger partial charge in [0, 0.05) is 17.8 Å². The molecule has 2 aliphatic heterocycles. The standard InChI is InChI=1S/C26H29FN2O2S/c1-6-29-22-11-16(2)19(12-21(22)17(3)14-26(29,4)5)13-23-24(30)28(25(31)32-23)15-18-7-9-20(27)10-8-18/h7-13,17H,6,14-15H2,1-5H3/b23-13-/t17-/m0/s1. The van der Waals surface area contributed by atoms with Crippen molar-refractivity contribution in [1.82, 2.24) is 4.90 Å². The molecule has 2 aromatic rings. The van der Waals surface area contributed by atoms with Gasteiger partial charge in [0.15, 0.2) is 0 Å². The molecule has 32 heavy (non-hydrogen) atoms. The van der Waals surface area contributed by atoms with Crippen LogP contribution in [0, 0.1) is 12.7 Å². The molecule has 0 bridgehead atoms. The average Bonchev–Trinajstić information content (AvgIpc) is 2.98. The van der Waals surface area contributed by atoms with Gasteiger partial charge in [0.1, 0.15) is 5.82 Å². The monoisotopic (exact) mass is 452 g/mol. The van der Waals surface area contributed by atoms with Crippen LogP contribution in [-0.2, 0) is 11.3 Å². The van der Waals surface area contributed by atoms with E-state index in [1.807, 2.05) is 6.08 Å². The molecule has 1 atom stereocenters. The van der Waals surface area contributed by atoms with Crippen LogP contribution in [0.15, 0.2) is 41.3 Å². The van der Waals surface area contributed by atoms with Gasteiger partial charge in [0.25, 0.3) is 11.1 Å². The maximum Gasteiger partial charge on any atom is 0.293 e. The van der Waals surface area contributed by atoms with E-state index in [9.17, 15) is 14.0 Å². The molecule has 6 heteroatoms. The van der Waals surface area contributed by atoms with Crippen LogP contribution < -0.4 is 4.90 Å². The highest BCUT2D eigenvalue weighted by Crippen LogP contribution is 2.45. The summed E-state index contributed by atoms with van der Waals surface area (Å²) in [6, 6.07) is 10.3. The Kier molecular flexibility index (Phi) is 5.93. The summed E-state index contributed by atoms with van der Waals surface area (Å²) >= 11 is 0.965. The van der Waals surface area contributed by atoms with Gasteiger partial charge in [-0.3, -0.25) is 14.5 Å². The molecule has 2 amide bonds. The van der Waals surface area contributed by atoms with Crippen molar-refractivity contribution in [2.45, 2.75) is 59.0 Å². The number of hydrogen-bond acceptors (Lipinski definition) is 4. The number of anilines is 1. The van der Waals surface area contributed by atoms with Crippen molar-refractivity contribution in [1.29, 1.82) is 0 Å². The zero-order valence-electron chi connectivity index (χ0n) is 19.2. The highest BCUT2D eigenvalue weighted by Gasteiger charge is 2.37. The number of fused-ring (bicyclic) bond motifs is 1. The van der Waals surface area contributed by atoms with Crippen LogP contribution in [0.3, 0.4) is 0 Å². The van der Waals surface area contributed by atoms with Crippen molar-refractivity contribution in [2.75, 3.05) is 11.4 Å². The Morgan fingerprint density at radius 2 is 1.88 bits per heavy atom. The maximum atomic E-state index is 13.2. The number of hydrogen-bond donors (Lipinski definition) is 0. The molecule has 2 heterocycles. The van der Waals surface area contributed by atoms with E-state index in [1.54, 1.807) is 12.1 Å². The van der Waals surface area contributed by atoms with Crippen molar-refractivity contribution in [2.24, 2.45) is 0 Å². The van der Waals surface area contributed by atoms with Gasteiger partial charge in [-0.15, -0.1) is 0 Å². The second-order valence-electron chi connectivity index (χ2n) is 9.32. The van der Waals surface area contributed by atoms with Crippen LogP contribution in [0.4, 0.5) is 14.9 Å². The first-order valence-corrected chi connectivity index (χ1v) is 11.8. The van der Waals surface area contributed by atoms with Crippen molar-refractivity contribution >= 4 is 34.7 Å². The van der Waals surface area contributed by atoms with E-state index in [0.717, 1.165) is 41.4 Å². The molecule has 0 spiro atoms. The van der Waals surface area contributed by atoms with E-state index >= 15 is 0 Å². The first-order valence-electron chi connectivity index (χ1n) is 11.0. The molecule has 2 aromatic carbocycles. The number of aryl methyl sites for hydroxylation is 1. The number of nitrogens with zero attached hydrogens (tertiary/aromatic N) is 2. The molecular formula is C26H29FN2O2S. The normalized spacial score (nSPS) is 21.4. The fraction of sp³-hybridized carbons (Fsp3) is 0.385. The van der Waals surface area contributed by atoms with Gasteiger partial charge in [0.05, 0.1) is 11.4 Å². The zero-order valence-corrected chi connectivity index (χ0v) is 20.1. The predicted molar refractivity (Wildman–Crippen MR) is 129 cm³/mol. The van der Waals surface area contributed by atoms with Crippen molar-refractivity contribution in [3.8, 4) is 0 Å². The van der Waals surface area contributed by atoms with Crippen molar-refractivity contribution in [3.63, 3.8) is 0 Å². The van der Waals surface area contributed by atoms with Gasteiger partial charge in [-0.25, -0.2) is 4.39 Å². The third kappa shape index (κ3) is 4.08. The molecule has 0 saturated carbocycles. The Balaban J connectivity index is 1.64. The summed E-state index contributed by atoms with van der Waals surface area (Å²) in [5, 5.41) is -0.298. The lowest BCUT2D eigenvalue weighted by atomic mass is 9.79. The molecule has 168 valence electrons. The van der Waals surface area contributed by atoms with E-state index in [1.165, 1.54) is 28.3 Å². The third-order valence-electron chi connectivity index (χ3n) is 6.50. The van der Waals surface area contributed by atoms with Crippen LogP contribution in [0.1, 0.15) is 62.3 Å². The fourth-order valence-electron chi connectivity index (χ4n) is 4.95. The Hall–Kier alpha value is -2.60. The smallest absolute Gasteiger partial charge is 0.293 e. The highest BCUT2D eigenvalue weighted by atomic mass is 32.2. The average molecular weight is 453 g/mol. The summed E-state index contributed by atoms with van der Waals surface area (Å²) < 4.78 is 13.2. The topological polar surface area (TPSA) is 40.6 Å². The first-order chi connectivity index (χ1) is 15.1. The molecule has 0 radical (unpaired) electrons. The molecule has 2 aliphatic rings. The number of thioether (sulfide) groups is 1. The van der Waals surface area contributed by atoms with E-state index in [2.05, 4.69) is 51.7 Å². The lowest BCUT2D eigenvalue weighted by Gasteiger charge is -2.47. The second-order valence-corrected chi connectivity index (χ2v) is 10.3. The minimum atomic E-state index is -0.343. The Bertz CT molecular complexity index is 1110. The van der Waals surface area contributed by atoms with Crippen LogP contribution in [0.25, 0.3) is 6.08 Å². The number of rotatable bonds is 4. The van der Waals surface area contributed by atoms with E-state index in [4.69, 9.17) is 0 Å². The van der Waals surface area contributed by atoms with Gasteiger partial charge in [0.2, 0.25) is 0 Å². The lowest BCUT2D eigenvalue weighted by molar-refractivity contribution is -0.123. The van der Waals surface area contributed by atoms with Crippen LogP contribution in [0.5, 0.6) is 0 Å². The third-order valence-corrected chi connectivity index (χ3v) is 7.41. The second kappa shape index (κ2) is 8.39. The number of imide groups is 1. The minimum Gasteiger partial charge on any atom is -0.366 e. The molecular weight excluding hydrogens is 423 g/mol. The molecule has 0 aromatic heterocycles. The summed E-state index contributed by atoms with van der Waals surface area (Å²) in [4.78, 5) is 29.6. The quantitative estimate of drug-likeness (QED) is 0.498. The maximum absolute atomic E-state index is 13.2. The number of carbonyl (C=O) groups is 2. The van der Waals surface area contributed by atoms with E-state index in [-0.39, 0.29) is 29.0 Å². The first kappa shape index (κ1) is 22.6. The summed E-state index contributed by atoms with van der Waals surface area (Å²) in [7, 11) is 0. The molecule has 0 aliphatic carbocycles. The number of benzene rings is 2. The summed E-state index contributed by atoms with van der Waals surface area (Å²) in [6.45, 7) is 12.1. The summed E-state index contributed by atoms with van der Waals surface area (Å²) in [6.07, 6.45) is 2.90. The number of carbonyl (C=O) groups excluding carboxylic acids is 2. The SMILES string of the molecule is CCN1c2cc(C)c(/C=C3\SC(=O)N(Cc4ccc(F)cc4)C3=O)cc2[C@@H](C)CC1(C)C. The largest absolute Gasteiger partial charge is 0.366 e. The van der Waals surface area contributed by atoms with Crippen LogP contribution in [-0.4, -0.2) is 28.1 Å². The fourth-order valence-corrected chi connectivity index (χ4v) is 5.78. The molecule has 4 rings (SSSR count). The van der Waals surface area contributed by atoms with Crippen molar-refractivity contribution < 1.29 is 14.0 Å². The van der Waals surface area contributed by atoms with E-state index in [0.29, 0.717) is 10.8 Å². The molecule has 1 fully saturated rings. The van der Waals surface area contributed by atoms with Gasteiger partial charge >= 0.3 is 0 Å². The number of halogens is 1.